The molecule has 0 bridgehead atoms. The Kier molecular flexibility index (Phi) is 5.50. The van der Waals surface area contributed by atoms with E-state index in [-0.39, 0.29) is 0 Å². The molecular formula is C20H25N7O. The number of anilines is 2. The Hall–Kier alpha value is -2.97. The molecule has 8 heteroatoms. The number of pyridine rings is 1. The zero-order chi connectivity index (χ0) is 19.3. The minimum Gasteiger partial charge on any atom is -0.379 e. The maximum absolute atomic E-state index is 5.42. The number of nitrogens with one attached hydrogen (secondary N) is 2. The molecular weight excluding hydrogens is 354 g/mol. The van der Waals surface area contributed by atoms with Gasteiger partial charge in [-0.2, -0.15) is 0 Å². The van der Waals surface area contributed by atoms with Crippen molar-refractivity contribution in [2.24, 2.45) is 0 Å². The summed E-state index contributed by atoms with van der Waals surface area (Å²) in [5.41, 5.74) is 6.03. The first-order chi connectivity index (χ1) is 13.7. The maximum atomic E-state index is 5.42. The highest BCUT2D eigenvalue weighted by molar-refractivity contribution is 5.84. The molecule has 146 valence electrons. The van der Waals surface area contributed by atoms with E-state index in [4.69, 9.17) is 4.74 Å². The number of allylic oxidation sites excluding steroid dienone is 1. The lowest BCUT2D eigenvalue weighted by Crippen LogP contribution is -2.45. The van der Waals surface area contributed by atoms with E-state index in [0.717, 1.165) is 61.3 Å². The number of morpholine rings is 1. The van der Waals surface area contributed by atoms with Crippen LogP contribution in [0.3, 0.4) is 0 Å². The summed E-state index contributed by atoms with van der Waals surface area (Å²) in [6.07, 6.45) is 7.05. The van der Waals surface area contributed by atoms with Crippen molar-refractivity contribution in [3.63, 3.8) is 0 Å². The first-order valence-corrected chi connectivity index (χ1v) is 9.46. The molecule has 8 nitrogen and oxygen atoms in total. The fourth-order valence-corrected chi connectivity index (χ4v) is 3.35. The van der Waals surface area contributed by atoms with E-state index in [0.29, 0.717) is 6.04 Å². The van der Waals surface area contributed by atoms with Crippen LogP contribution in [0.1, 0.15) is 12.5 Å². The standard InChI is InChI=1S/C20H25N7O/c1-15(26-6-8-28-9-7-26)11-22-19-10-20(24-14-23-19)27-16(2)18(13-25-27)17-4-3-5-21-12-17/h3-5,10,12-15,25H,2,6-9,11H2,1H3,(H,22,23,24). The highest BCUT2D eigenvalue weighted by atomic mass is 16.5. The summed E-state index contributed by atoms with van der Waals surface area (Å²) in [6.45, 7) is 10.8. The van der Waals surface area contributed by atoms with E-state index >= 15 is 0 Å². The van der Waals surface area contributed by atoms with Gasteiger partial charge in [-0.25, -0.2) is 15.0 Å². The van der Waals surface area contributed by atoms with Gasteiger partial charge in [0.1, 0.15) is 12.1 Å². The number of nitrogens with zero attached hydrogens (tertiary/aromatic N) is 5. The zero-order valence-electron chi connectivity index (χ0n) is 16.0. The average molecular weight is 379 g/mol. The Labute approximate surface area is 164 Å². The van der Waals surface area contributed by atoms with E-state index in [1.165, 1.54) is 0 Å². The van der Waals surface area contributed by atoms with E-state index in [9.17, 15) is 0 Å². The quantitative estimate of drug-likeness (QED) is 0.788. The maximum Gasteiger partial charge on any atom is 0.157 e. The molecule has 1 fully saturated rings. The number of hydrazine groups is 1. The number of hydrogen-bond acceptors (Lipinski definition) is 8. The SMILES string of the molecule is C=C1C(c2cccnc2)=CNN1c1cc(NCC(C)N2CCOCC2)ncn1. The van der Waals surface area contributed by atoms with Crippen LogP contribution in [-0.4, -0.2) is 58.7 Å². The van der Waals surface area contributed by atoms with Gasteiger partial charge in [-0.1, -0.05) is 12.6 Å². The van der Waals surface area contributed by atoms with Gasteiger partial charge in [0.05, 0.1) is 18.9 Å². The highest BCUT2D eigenvalue weighted by Gasteiger charge is 2.22. The third-order valence-corrected chi connectivity index (χ3v) is 5.02. The third kappa shape index (κ3) is 3.97. The smallest absolute Gasteiger partial charge is 0.157 e. The van der Waals surface area contributed by atoms with Gasteiger partial charge in [-0.3, -0.25) is 15.3 Å². The van der Waals surface area contributed by atoms with Crippen LogP contribution in [0.15, 0.2) is 55.4 Å². The van der Waals surface area contributed by atoms with Crippen molar-refractivity contribution in [1.82, 2.24) is 25.3 Å². The van der Waals surface area contributed by atoms with Crippen LogP contribution in [0, 0.1) is 0 Å². The average Bonchev–Trinajstić information content (AvgIpc) is 3.15. The Morgan fingerprint density at radius 3 is 2.96 bits per heavy atom. The van der Waals surface area contributed by atoms with Crippen LogP contribution in [0.25, 0.3) is 5.57 Å². The summed E-state index contributed by atoms with van der Waals surface area (Å²) in [5, 5.41) is 5.27. The Morgan fingerprint density at radius 2 is 2.18 bits per heavy atom. The zero-order valence-corrected chi connectivity index (χ0v) is 16.0. The van der Waals surface area contributed by atoms with Gasteiger partial charge in [0, 0.05) is 61.5 Å². The Morgan fingerprint density at radius 1 is 1.32 bits per heavy atom. The molecule has 4 rings (SSSR count). The van der Waals surface area contributed by atoms with Crippen molar-refractivity contribution in [2.75, 3.05) is 43.2 Å². The Bertz CT molecular complexity index is 849. The lowest BCUT2D eigenvalue weighted by atomic mass is 10.1. The van der Waals surface area contributed by atoms with Crippen LogP contribution < -0.4 is 15.8 Å². The first-order valence-electron chi connectivity index (χ1n) is 9.46. The molecule has 0 radical (unpaired) electrons. The van der Waals surface area contributed by atoms with Crippen molar-refractivity contribution >= 4 is 17.2 Å². The predicted octanol–water partition coefficient (Wildman–Crippen LogP) is 1.88. The molecule has 2 aliphatic heterocycles. The summed E-state index contributed by atoms with van der Waals surface area (Å²) >= 11 is 0. The number of hydrogen-bond donors (Lipinski definition) is 2. The minimum absolute atomic E-state index is 0.404. The molecule has 2 aliphatic rings. The van der Waals surface area contributed by atoms with E-state index in [1.54, 1.807) is 12.5 Å². The van der Waals surface area contributed by atoms with Crippen molar-refractivity contribution in [2.45, 2.75) is 13.0 Å². The molecule has 1 atom stereocenters. The van der Waals surface area contributed by atoms with E-state index in [1.807, 2.05) is 35.6 Å². The van der Waals surface area contributed by atoms with Gasteiger partial charge in [0.2, 0.25) is 0 Å². The lowest BCUT2D eigenvalue weighted by Gasteiger charge is -2.32. The molecule has 2 aromatic rings. The van der Waals surface area contributed by atoms with Crippen LogP contribution in [-0.2, 0) is 4.74 Å². The number of aromatic nitrogens is 3. The predicted molar refractivity (Wildman–Crippen MR) is 109 cm³/mol. The minimum atomic E-state index is 0.404. The van der Waals surface area contributed by atoms with Gasteiger partial charge < -0.3 is 10.1 Å². The van der Waals surface area contributed by atoms with Gasteiger partial charge in [-0.05, 0) is 13.0 Å². The summed E-state index contributed by atoms with van der Waals surface area (Å²) in [7, 11) is 0. The largest absolute Gasteiger partial charge is 0.379 e. The van der Waals surface area contributed by atoms with Crippen molar-refractivity contribution in [3.05, 3.63) is 61.0 Å². The van der Waals surface area contributed by atoms with Crippen LogP contribution in [0.2, 0.25) is 0 Å². The Balaban J connectivity index is 1.39. The molecule has 2 aromatic heterocycles. The monoisotopic (exact) mass is 379 g/mol. The van der Waals surface area contributed by atoms with Gasteiger partial charge in [0.25, 0.3) is 0 Å². The first kappa shape index (κ1) is 18.4. The molecule has 4 heterocycles. The van der Waals surface area contributed by atoms with Crippen LogP contribution >= 0.6 is 0 Å². The third-order valence-electron chi connectivity index (χ3n) is 5.02. The molecule has 0 saturated carbocycles. The van der Waals surface area contributed by atoms with Gasteiger partial charge in [-0.15, -0.1) is 0 Å². The second-order valence-corrected chi connectivity index (χ2v) is 6.85. The molecule has 2 N–H and O–H groups in total. The molecule has 0 aliphatic carbocycles. The highest BCUT2D eigenvalue weighted by Crippen LogP contribution is 2.30. The number of ether oxygens (including phenoxy) is 1. The van der Waals surface area contributed by atoms with Crippen molar-refractivity contribution < 1.29 is 4.74 Å². The van der Waals surface area contributed by atoms with Crippen LogP contribution in [0.4, 0.5) is 11.6 Å². The molecule has 0 amide bonds. The van der Waals surface area contributed by atoms with Gasteiger partial charge >= 0.3 is 0 Å². The second-order valence-electron chi connectivity index (χ2n) is 6.85. The molecule has 28 heavy (non-hydrogen) atoms. The fourth-order valence-electron chi connectivity index (χ4n) is 3.35. The fraction of sp³-hybridized carbons (Fsp3) is 0.350. The van der Waals surface area contributed by atoms with Crippen molar-refractivity contribution in [3.8, 4) is 0 Å². The van der Waals surface area contributed by atoms with Crippen LogP contribution in [0.5, 0.6) is 0 Å². The summed E-state index contributed by atoms with van der Waals surface area (Å²) in [5.74, 6) is 1.52. The number of rotatable bonds is 6. The second kappa shape index (κ2) is 8.37. The van der Waals surface area contributed by atoms with Gasteiger partial charge in [0.15, 0.2) is 5.82 Å². The normalized spacial score (nSPS) is 18.5. The molecule has 1 saturated heterocycles. The topological polar surface area (TPSA) is 78.4 Å². The molecule has 0 aromatic carbocycles. The van der Waals surface area contributed by atoms with E-state index in [2.05, 4.69) is 44.1 Å². The summed E-state index contributed by atoms with van der Waals surface area (Å²) < 4.78 is 5.42. The molecule has 0 spiro atoms. The summed E-state index contributed by atoms with van der Waals surface area (Å²) in [4.78, 5) is 15.3. The molecule has 1 unspecified atom stereocenters. The van der Waals surface area contributed by atoms with E-state index < -0.39 is 0 Å². The van der Waals surface area contributed by atoms with Crippen molar-refractivity contribution in [1.29, 1.82) is 0 Å². The summed E-state index contributed by atoms with van der Waals surface area (Å²) in [6, 6.07) is 6.24. The lowest BCUT2D eigenvalue weighted by molar-refractivity contribution is 0.0227.